The van der Waals surface area contributed by atoms with Crippen molar-refractivity contribution in [2.75, 3.05) is 25.5 Å². The lowest BCUT2D eigenvalue weighted by atomic mass is 10.2. The molecular formula is C12H17N3O5S. The van der Waals surface area contributed by atoms with Crippen molar-refractivity contribution in [1.29, 1.82) is 0 Å². The molecule has 1 heterocycles. The van der Waals surface area contributed by atoms with Gasteiger partial charge in [-0.3, -0.25) is 10.1 Å². The summed E-state index contributed by atoms with van der Waals surface area (Å²) in [6, 6.07) is 3.23. The van der Waals surface area contributed by atoms with Gasteiger partial charge in [-0.05, 0) is 18.6 Å². The Labute approximate surface area is 122 Å². The topological polar surface area (TPSA) is 116 Å². The third-order valence-electron chi connectivity index (χ3n) is 3.45. The van der Waals surface area contributed by atoms with Crippen LogP contribution in [0.3, 0.4) is 0 Å². The van der Waals surface area contributed by atoms with E-state index in [9.17, 15) is 18.5 Å². The maximum Gasteiger partial charge on any atom is 0.292 e. The van der Waals surface area contributed by atoms with Crippen LogP contribution in [0.25, 0.3) is 0 Å². The molecule has 8 nitrogen and oxygen atoms in total. The second kappa shape index (κ2) is 5.96. The Kier molecular flexibility index (Phi) is 4.45. The zero-order valence-electron chi connectivity index (χ0n) is 11.6. The quantitative estimate of drug-likeness (QED) is 0.503. The predicted molar refractivity (Wildman–Crippen MR) is 76.3 cm³/mol. The molecule has 1 unspecified atom stereocenters. The van der Waals surface area contributed by atoms with Gasteiger partial charge >= 0.3 is 0 Å². The van der Waals surface area contributed by atoms with Crippen molar-refractivity contribution in [3.8, 4) is 0 Å². The Morgan fingerprint density at radius 2 is 2.24 bits per heavy atom. The molecule has 0 bridgehead atoms. The van der Waals surface area contributed by atoms with Crippen LogP contribution in [0.2, 0.25) is 0 Å². The Morgan fingerprint density at radius 3 is 2.81 bits per heavy atom. The number of nitro groups is 1. The van der Waals surface area contributed by atoms with Gasteiger partial charge in [0.05, 0.1) is 23.0 Å². The van der Waals surface area contributed by atoms with Gasteiger partial charge in [0.15, 0.2) is 0 Å². The van der Waals surface area contributed by atoms with Crippen LogP contribution in [0.1, 0.15) is 13.3 Å². The van der Waals surface area contributed by atoms with Crippen molar-refractivity contribution in [2.24, 2.45) is 0 Å². The highest BCUT2D eigenvalue weighted by atomic mass is 32.2. The van der Waals surface area contributed by atoms with Gasteiger partial charge in [-0.2, -0.15) is 4.31 Å². The monoisotopic (exact) mass is 315 g/mol. The fourth-order valence-corrected chi connectivity index (χ4v) is 3.98. The number of nitro benzene ring substituents is 1. The summed E-state index contributed by atoms with van der Waals surface area (Å²) >= 11 is 0. The molecule has 1 aliphatic heterocycles. The SMILES string of the molecule is CCC1COCCN1S(=O)(=O)c1ccc([N+](=O)[O-])c(N)c1. The normalized spacial score (nSPS) is 20.3. The summed E-state index contributed by atoms with van der Waals surface area (Å²) in [6.07, 6.45) is 0.627. The van der Waals surface area contributed by atoms with Crippen LogP contribution >= 0.6 is 0 Å². The number of ether oxygens (including phenoxy) is 1. The molecule has 1 aromatic carbocycles. The molecule has 21 heavy (non-hydrogen) atoms. The number of rotatable bonds is 4. The zero-order valence-corrected chi connectivity index (χ0v) is 12.4. The van der Waals surface area contributed by atoms with Gasteiger partial charge in [0.25, 0.3) is 5.69 Å². The minimum atomic E-state index is -3.74. The number of benzene rings is 1. The predicted octanol–water partition coefficient (Wildman–Crippen LogP) is 0.976. The summed E-state index contributed by atoms with van der Waals surface area (Å²) in [5, 5.41) is 10.7. The van der Waals surface area contributed by atoms with Crippen LogP contribution in [0.15, 0.2) is 23.1 Å². The molecule has 0 aliphatic carbocycles. The Bertz CT molecular complexity index is 646. The van der Waals surface area contributed by atoms with Crippen molar-refractivity contribution in [3.05, 3.63) is 28.3 Å². The Morgan fingerprint density at radius 1 is 1.52 bits per heavy atom. The number of sulfonamides is 1. The first kappa shape index (κ1) is 15.7. The average molecular weight is 315 g/mol. The van der Waals surface area contributed by atoms with Gasteiger partial charge < -0.3 is 10.5 Å². The lowest BCUT2D eigenvalue weighted by Crippen LogP contribution is -2.48. The summed E-state index contributed by atoms with van der Waals surface area (Å²) in [5.74, 6) is 0. The van der Waals surface area contributed by atoms with Crippen LogP contribution in [-0.2, 0) is 14.8 Å². The third kappa shape index (κ3) is 2.99. The number of nitrogens with zero attached hydrogens (tertiary/aromatic N) is 2. The summed E-state index contributed by atoms with van der Waals surface area (Å²) in [4.78, 5) is 10.1. The lowest BCUT2D eigenvalue weighted by Gasteiger charge is -2.33. The van der Waals surface area contributed by atoms with Crippen molar-refractivity contribution >= 4 is 21.4 Å². The molecule has 1 aliphatic rings. The van der Waals surface area contributed by atoms with E-state index in [4.69, 9.17) is 10.5 Å². The van der Waals surface area contributed by atoms with Crippen molar-refractivity contribution in [2.45, 2.75) is 24.3 Å². The highest BCUT2D eigenvalue weighted by molar-refractivity contribution is 7.89. The maximum atomic E-state index is 12.6. The van der Waals surface area contributed by atoms with Crippen molar-refractivity contribution < 1.29 is 18.1 Å². The fourth-order valence-electron chi connectivity index (χ4n) is 2.27. The number of nitrogen functional groups attached to an aromatic ring is 1. The highest BCUT2D eigenvalue weighted by Crippen LogP contribution is 2.28. The molecule has 0 radical (unpaired) electrons. The van der Waals surface area contributed by atoms with Crippen LogP contribution in [0.5, 0.6) is 0 Å². The second-order valence-electron chi connectivity index (χ2n) is 4.73. The molecule has 0 amide bonds. The van der Waals surface area contributed by atoms with Gasteiger partial charge in [-0.25, -0.2) is 8.42 Å². The summed E-state index contributed by atoms with van der Waals surface area (Å²) in [7, 11) is -3.74. The van der Waals surface area contributed by atoms with Gasteiger partial charge in [0.1, 0.15) is 5.69 Å². The molecule has 1 saturated heterocycles. The molecule has 2 N–H and O–H groups in total. The van der Waals surface area contributed by atoms with E-state index in [1.807, 2.05) is 6.92 Å². The smallest absolute Gasteiger partial charge is 0.292 e. The summed E-state index contributed by atoms with van der Waals surface area (Å²) in [5.41, 5.74) is 5.10. The van der Waals surface area contributed by atoms with Gasteiger partial charge in [0.2, 0.25) is 10.0 Å². The molecular weight excluding hydrogens is 298 g/mol. The van der Waals surface area contributed by atoms with Crippen molar-refractivity contribution in [3.63, 3.8) is 0 Å². The van der Waals surface area contributed by atoms with Crippen LogP contribution in [0.4, 0.5) is 11.4 Å². The van der Waals surface area contributed by atoms with Crippen molar-refractivity contribution in [1.82, 2.24) is 4.31 Å². The number of nitrogens with two attached hydrogens (primary N) is 1. The number of hydrogen-bond donors (Lipinski definition) is 1. The standard InChI is InChI=1S/C12H17N3O5S/c1-2-9-8-20-6-5-14(9)21(18,19)10-3-4-12(15(16)17)11(13)7-10/h3-4,7,9H,2,5-6,8,13H2,1H3. The first-order valence-corrected chi connectivity index (χ1v) is 7.95. The zero-order chi connectivity index (χ0) is 15.6. The molecule has 2 rings (SSSR count). The molecule has 0 saturated carbocycles. The first-order valence-electron chi connectivity index (χ1n) is 6.51. The van der Waals surface area contributed by atoms with E-state index < -0.39 is 14.9 Å². The molecule has 1 atom stereocenters. The van der Waals surface area contributed by atoms with E-state index in [0.29, 0.717) is 19.6 Å². The molecule has 0 aromatic heterocycles. The van der Waals surface area contributed by atoms with E-state index in [1.165, 1.54) is 10.4 Å². The van der Waals surface area contributed by atoms with Crippen LogP contribution < -0.4 is 5.73 Å². The largest absolute Gasteiger partial charge is 0.393 e. The third-order valence-corrected chi connectivity index (χ3v) is 5.39. The molecule has 0 spiro atoms. The van der Waals surface area contributed by atoms with E-state index in [0.717, 1.165) is 12.1 Å². The van der Waals surface area contributed by atoms with Gasteiger partial charge in [0, 0.05) is 18.7 Å². The van der Waals surface area contributed by atoms with Crippen LogP contribution in [-0.4, -0.2) is 43.4 Å². The van der Waals surface area contributed by atoms with E-state index in [1.54, 1.807) is 0 Å². The lowest BCUT2D eigenvalue weighted by molar-refractivity contribution is -0.383. The molecule has 9 heteroatoms. The van der Waals surface area contributed by atoms with Gasteiger partial charge in [-0.1, -0.05) is 6.92 Å². The van der Waals surface area contributed by atoms with E-state index in [-0.39, 0.29) is 28.9 Å². The summed E-state index contributed by atoms with van der Waals surface area (Å²) in [6.45, 7) is 2.82. The first-order chi connectivity index (χ1) is 9.87. The minimum absolute atomic E-state index is 0.0362. The number of anilines is 1. The Hall–Kier alpha value is -1.71. The van der Waals surface area contributed by atoms with E-state index in [2.05, 4.69) is 0 Å². The molecule has 1 fully saturated rings. The average Bonchev–Trinajstić information content (AvgIpc) is 2.46. The Balaban J connectivity index is 2.39. The van der Waals surface area contributed by atoms with Gasteiger partial charge in [-0.15, -0.1) is 0 Å². The molecule has 1 aromatic rings. The second-order valence-corrected chi connectivity index (χ2v) is 6.62. The van der Waals surface area contributed by atoms with Crippen LogP contribution in [0, 0.1) is 10.1 Å². The highest BCUT2D eigenvalue weighted by Gasteiger charge is 2.33. The number of morpholine rings is 1. The molecule has 116 valence electrons. The minimum Gasteiger partial charge on any atom is -0.393 e. The summed E-state index contributed by atoms with van der Waals surface area (Å²) < 4.78 is 31.9. The number of hydrogen-bond acceptors (Lipinski definition) is 6. The van der Waals surface area contributed by atoms with E-state index >= 15 is 0 Å². The fraction of sp³-hybridized carbons (Fsp3) is 0.500. The maximum absolute atomic E-state index is 12.6.